The van der Waals surface area contributed by atoms with Crippen LogP contribution in [0.3, 0.4) is 0 Å². The number of hydrogen-bond acceptors (Lipinski definition) is 6. The molecule has 0 radical (unpaired) electrons. The molecule has 1 N–H and O–H groups in total. The van der Waals surface area contributed by atoms with Crippen LogP contribution in [-0.4, -0.2) is 80.1 Å². The van der Waals surface area contributed by atoms with Crippen molar-refractivity contribution in [3.63, 3.8) is 0 Å². The first-order valence-corrected chi connectivity index (χ1v) is 14.3. The molecule has 0 atom stereocenters. The van der Waals surface area contributed by atoms with Crippen molar-refractivity contribution in [2.24, 2.45) is 0 Å². The van der Waals surface area contributed by atoms with Gasteiger partial charge in [0.15, 0.2) is 11.5 Å². The smallest absolute Gasteiger partial charge is 0.254 e. The van der Waals surface area contributed by atoms with Gasteiger partial charge in [-0.3, -0.25) is 14.4 Å². The fourth-order valence-electron chi connectivity index (χ4n) is 6.00. The number of aryl methyl sites for hydroxylation is 1. The number of hydrogen-bond donors (Lipinski definition) is 1. The standard InChI is InChI=1S/C33H38N4O5/c1-24-9-7-8-12-27(24)31(39)35-19-16-33(17-20-35)32(40)36(23-37(33)26-10-5-4-6-11-26)22-30(38)34-18-15-25-13-14-28(41-2)29(21-25)42-3/h4-14,21H,15-20,22-23H2,1-3H3,(H,34,38). The second-order valence-corrected chi connectivity index (χ2v) is 10.8. The molecule has 1 spiro atoms. The summed E-state index contributed by atoms with van der Waals surface area (Å²) in [7, 11) is 3.18. The average molecular weight is 571 g/mol. The maximum atomic E-state index is 14.0. The van der Waals surface area contributed by atoms with E-state index < -0.39 is 5.54 Å². The molecule has 2 aliphatic rings. The van der Waals surface area contributed by atoms with Gasteiger partial charge < -0.3 is 29.5 Å². The molecule has 2 fully saturated rings. The zero-order chi connectivity index (χ0) is 29.7. The minimum atomic E-state index is -0.802. The molecule has 5 rings (SSSR count). The van der Waals surface area contributed by atoms with Crippen LogP contribution in [-0.2, 0) is 16.0 Å². The van der Waals surface area contributed by atoms with Crippen molar-refractivity contribution in [2.45, 2.75) is 31.7 Å². The Morgan fingerprint density at radius 2 is 1.60 bits per heavy atom. The predicted octanol–water partition coefficient (Wildman–Crippen LogP) is 3.65. The first-order chi connectivity index (χ1) is 20.4. The Hall–Kier alpha value is -4.53. The third-order valence-corrected chi connectivity index (χ3v) is 8.35. The van der Waals surface area contributed by atoms with E-state index in [1.165, 1.54) is 0 Å². The Kier molecular flexibility index (Phi) is 8.66. The van der Waals surface area contributed by atoms with E-state index in [9.17, 15) is 14.4 Å². The van der Waals surface area contributed by atoms with Crippen molar-refractivity contribution < 1.29 is 23.9 Å². The lowest BCUT2D eigenvalue weighted by Crippen LogP contribution is -2.57. The van der Waals surface area contributed by atoms with E-state index >= 15 is 0 Å². The van der Waals surface area contributed by atoms with Crippen LogP contribution in [0.15, 0.2) is 72.8 Å². The third kappa shape index (κ3) is 5.77. The molecule has 3 amide bonds. The summed E-state index contributed by atoms with van der Waals surface area (Å²) in [6, 6.07) is 23.1. The van der Waals surface area contributed by atoms with Gasteiger partial charge in [-0.2, -0.15) is 0 Å². The number of amides is 3. The fourth-order valence-corrected chi connectivity index (χ4v) is 6.00. The van der Waals surface area contributed by atoms with E-state index in [2.05, 4.69) is 10.2 Å². The lowest BCUT2D eigenvalue weighted by Gasteiger charge is -2.43. The summed E-state index contributed by atoms with van der Waals surface area (Å²) >= 11 is 0. The molecule has 0 aromatic heterocycles. The van der Waals surface area contributed by atoms with Crippen LogP contribution >= 0.6 is 0 Å². The summed E-state index contributed by atoms with van der Waals surface area (Å²) in [5, 5.41) is 2.96. The number of para-hydroxylation sites is 1. The molecule has 3 aromatic rings. The molecule has 0 bridgehead atoms. The molecule has 0 saturated carbocycles. The van der Waals surface area contributed by atoms with Gasteiger partial charge in [0.1, 0.15) is 12.1 Å². The van der Waals surface area contributed by atoms with Crippen molar-refractivity contribution in [1.29, 1.82) is 0 Å². The molecule has 9 nitrogen and oxygen atoms in total. The van der Waals surface area contributed by atoms with Gasteiger partial charge in [0.25, 0.3) is 11.8 Å². The number of ether oxygens (including phenoxy) is 2. The number of nitrogens with one attached hydrogen (secondary N) is 1. The van der Waals surface area contributed by atoms with Crippen molar-refractivity contribution in [3.8, 4) is 11.5 Å². The molecular weight excluding hydrogens is 532 g/mol. The van der Waals surface area contributed by atoms with Gasteiger partial charge >= 0.3 is 0 Å². The van der Waals surface area contributed by atoms with Crippen LogP contribution in [0.1, 0.15) is 34.3 Å². The number of anilines is 1. The maximum Gasteiger partial charge on any atom is 0.254 e. The molecule has 2 saturated heterocycles. The third-order valence-electron chi connectivity index (χ3n) is 8.35. The molecule has 42 heavy (non-hydrogen) atoms. The van der Waals surface area contributed by atoms with Crippen LogP contribution in [0.4, 0.5) is 5.69 Å². The summed E-state index contributed by atoms with van der Waals surface area (Å²) in [6.07, 6.45) is 1.61. The number of carbonyl (C=O) groups excluding carboxylic acids is 3. The summed E-state index contributed by atoms with van der Waals surface area (Å²) < 4.78 is 10.7. The largest absolute Gasteiger partial charge is 0.493 e. The van der Waals surface area contributed by atoms with Crippen molar-refractivity contribution in [2.75, 3.05) is 52.0 Å². The number of methoxy groups -OCH3 is 2. The van der Waals surface area contributed by atoms with Gasteiger partial charge in [-0.15, -0.1) is 0 Å². The Morgan fingerprint density at radius 3 is 2.29 bits per heavy atom. The molecule has 2 heterocycles. The first kappa shape index (κ1) is 29.0. The van der Waals surface area contributed by atoms with Crippen molar-refractivity contribution >= 4 is 23.4 Å². The lowest BCUT2D eigenvalue weighted by molar-refractivity contribution is -0.137. The zero-order valence-corrected chi connectivity index (χ0v) is 24.5. The highest BCUT2D eigenvalue weighted by Gasteiger charge is 2.54. The number of nitrogens with zero attached hydrogens (tertiary/aromatic N) is 3. The summed E-state index contributed by atoms with van der Waals surface area (Å²) in [6.45, 7) is 3.59. The number of piperidine rings is 1. The summed E-state index contributed by atoms with van der Waals surface area (Å²) in [5.41, 5.74) is 2.77. The molecule has 9 heteroatoms. The van der Waals surface area contributed by atoms with Gasteiger partial charge in [-0.05, 0) is 67.6 Å². The summed E-state index contributed by atoms with van der Waals surface area (Å²) in [4.78, 5) is 45.9. The van der Waals surface area contributed by atoms with E-state index in [0.717, 1.165) is 16.8 Å². The van der Waals surface area contributed by atoms with E-state index in [1.807, 2.05) is 84.6 Å². The van der Waals surface area contributed by atoms with Gasteiger partial charge in [0.2, 0.25) is 5.91 Å². The molecule has 0 aliphatic carbocycles. The second-order valence-electron chi connectivity index (χ2n) is 10.8. The van der Waals surface area contributed by atoms with Gasteiger partial charge in [-0.25, -0.2) is 0 Å². The average Bonchev–Trinajstić information content (AvgIpc) is 3.27. The minimum Gasteiger partial charge on any atom is -0.493 e. The molecule has 2 aliphatic heterocycles. The molecule has 0 unspecified atom stereocenters. The van der Waals surface area contributed by atoms with Crippen LogP contribution < -0.4 is 19.7 Å². The van der Waals surface area contributed by atoms with E-state index in [0.29, 0.717) is 62.6 Å². The van der Waals surface area contributed by atoms with Crippen molar-refractivity contribution in [3.05, 3.63) is 89.5 Å². The Labute approximate surface area is 247 Å². The normalized spacial score (nSPS) is 16.1. The summed E-state index contributed by atoms with van der Waals surface area (Å²) in [5.74, 6) is 1.01. The highest BCUT2D eigenvalue weighted by atomic mass is 16.5. The first-order valence-electron chi connectivity index (χ1n) is 14.3. The van der Waals surface area contributed by atoms with Crippen LogP contribution in [0, 0.1) is 6.92 Å². The lowest BCUT2D eigenvalue weighted by atomic mass is 9.85. The SMILES string of the molecule is COc1ccc(CCNC(=O)CN2CN(c3ccccc3)C3(CCN(C(=O)c4ccccc4C)CC3)C2=O)cc1OC. The fraction of sp³-hybridized carbons (Fsp3) is 0.364. The topological polar surface area (TPSA) is 91.4 Å². The predicted molar refractivity (Wildman–Crippen MR) is 161 cm³/mol. The van der Waals surface area contributed by atoms with E-state index in [-0.39, 0.29) is 24.3 Å². The molecular formula is C33H38N4O5. The quantitative estimate of drug-likeness (QED) is 0.423. The Balaban J connectivity index is 1.25. The molecule has 3 aromatic carbocycles. The second kappa shape index (κ2) is 12.5. The van der Waals surface area contributed by atoms with E-state index in [1.54, 1.807) is 19.1 Å². The highest BCUT2D eigenvalue weighted by Crippen LogP contribution is 2.39. The minimum absolute atomic E-state index is 0.00892. The number of carbonyl (C=O) groups is 3. The van der Waals surface area contributed by atoms with Gasteiger partial charge in [-0.1, -0.05) is 42.5 Å². The van der Waals surface area contributed by atoms with Crippen molar-refractivity contribution in [1.82, 2.24) is 15.1 Å². The van der Waals surface area contributed by atoms with E-state index in [4.69, 9.17) is 9.47 Å². The van der Waals surface area contributed by atoms with Gasteiger partial charge in [0.05, 0.1) is 20.9 Å². The zero-order valence-electron chi connectivity index (χ0n) is 24.5. The van der Waals surface area contributed by atoms with Crippen LogP contribution in [0.5, 0.6) is 11.5 Å². The van der Waals surface area contributed by atoms with Crippen LogP contribution in [0.2, 0.25) is 0 Å². The Morgan fingerprint density at radius 1 is 0.905 bits per heavy atom. The number of likely N-dealkylation sites (tertiary alicyclic amines) is 1. The monoisotopic (exact) mass is 570 g/mol. The maximum absolute atomic E-state index is 14.0. The Bertz CT molecular complexity index is 1440. The number of rotatable bonds is 9. The van der Waals surface area contributed by atoms with Gasteiger partial charge in [0, 0.05) is 30.9 Å². The highest BCUT2D eigenvalue weighted by molar-refractivity contribution is 5.98. The van der Waals surface area contributed by atoms with Crippen LogP contribution in [0.25, 0.3) is 0 Å². The number of benzene rings is 3. The molecule has 220 valence electrons.